The van der Waals surface area contributed by atoms with Gasteiger partial charge >= 0.3 is 18.2 Å². The Hall–Kier alpha value is -3.12. The Bertz CT molecular complexity index is 1080. The molecule has 2 aromatic carbocycles. The zero-order valence-electron chi connectivity index (χ0n) is 20.1. The summed E-state index contributed by atoms with van der Waals surface area (Å²) in [5.41, 5.74) is 1.04. The van der Waals surface area contributed by atoms with E-state index in [2.05, 4.69) is 10.2 Å². The van der Waals surface area contributed by atoms with E-state index < -0.39 is 23.8 Å². The van der Waals surface area contributed by atoms with Gasteiger partial charge in [0, 0.05) is 29.2 Å². The summed E-state index contributed by atoms with van der Waals surface area (Å²) >= 11 is 6.27. The summed E-state index contributed by atoms with van der Waals surface area (Å²) in [6.07, 6.45) is -3.51. The molecular formula is C24H27ClF5N3O4. The van der Waals surface area contributed by atoms with Crippen molar-refractivity contribution in [3.63, 3.8) is 0 Å². The Morgan fingerprint density at radius 2 is 1.73 bits per heavy atom. The first-order valence-electron chi connectivity index (χ1n) is 11.1. The van der Waals surface area contributed by atoms with Gasteiger partial charge in [-0.05, 0) is 56.7 Å². The van der Waals surface area contributed by atoms with Crippen LogP contribution in [0, 0.1) is 11.6 Å². The van der Waals surface area contributed by atoms with Crippen LogP contribution in [-0.2, 0) is 17.9 Å². The molecule has 7 nitrogen and oxygen atoms in total. The van der Waals surface area contributed by atoms with Crippen molar-refractivity contribution in [1.29, 1.82) is 0 Å². The number of urea groups is 1. The molecule has 204 valence electrons. The number of carbonyl (C=O) groups is 2. The number of ether oxygens (including phenoxy) is 1. The molecule has 1 heterocycles. The predicted molar refractivity (Wildman–Crippen MR) is 126 cm³/mol. The zero-order valence-corrected chi connectivity index (χ0v) is 20.9. The van der Waals surface area contributed by atoms with Crippen LogP contribution in [0.4, 0.5) is 26.7 Å². The fraction of sp³-hybridized carbons (Fsp3) is 0.417. The number of rotatable bonds is 6. The molecule has 0 radical (unpaired) electrons. The molecule has 1 aliphatic rings. The number of piperidine rings is 1. The molecule has 0 spiro atoms. The first kappa shape index (κ1) is 30.1. The van der Waals surface area contributed by atoms with Crippen molar-refractivity contribution in [2.75, 3.05) is 27.2 Å². The number of carboxylic acids is 1. The number of carbonyl (C=O) groups excluding carboxylic acids is 1. The number of alkyl halides is 3. The molecule has 1 fully saturated rings. The van der Waals surface area contributed by atoms with Crippen LogP contribution in [0.15, 0.2) is 36.4 Å². The Morgan fingerprint density at radius 1 is 1.14 bits per heavy atom. The van der Waals surface area contributed by atoms with Crippen LogP contribution in [-0.4, -0.2) is 66.4 Å². The van der Waals surface area contributed by atoms with Crippen molar-refractivity contribution < 1.29 is 41.4 Å². The van der Waals surface area contributed by atoms with Crippen LogP contribution in [0.2, 0.25) is 5.02 Å². The lowest BCUT2D eigenvalue weighted by Crippen LogP contribution is -2.49. The second-order valence-electron chi connectivity index (χ2n) is 8.32. The van der Waals surface area contributed by atoms with Crippen molar-refractivity contribution >= 4 is 23.6 Å². The molecule has 37 heavy (non-hydrogen) atoms. The van der Waals surface area contributed by atoms with Gasteiger partial charge in [0.2, 0.25) is 0 Å². The van der Waals surface area contributed by atoms with Gasteiger partial charge in [0.25, 0.3) is 0 Å². The number of methoxy groups -OCH3 is 1. The van der Waals surface area contributed by atoms with Crippen molar-refractivity contribution in [1.82, 2.24) is 15.1 Å². The van der Waals surface area contributed by atoms with E-state index in [1.165, 1.54) is 12.1 Å². The second-order valence-corrected chi connectivity index (χ2v) is 8.72. The van der Waals surface area contributed by atoms with Crippen LogP contribution in [0.1, 0.15) is 24.0 Å². The molecule has 1 saturated heterocycles. The lowest BCUT2D eigenvalue weighted by atomic mass is 10.0. The van der Waals surface area contributed by atoms with E-state index >= 15 is 0 Å². The first-order valence-corrected chi connectivity index (χ1v) is 11.5. The number of aliphatic carboxylic acids is 1. The number of nitrogens with one attached hydrogen (secondary N) is 1. The molecule has 13 heteroatoms. The number of nitrogens with zero attached hydrogens (tertiary/aromatic N) is 2. The minimum atomic E-state index is -5.08. The summed E-state index contributed by atoms with van der Waals surface area (Å²) in [4.78, 5) is 25.8. The standard InChI is InChI=1S/C22H26ClF2N3O2.C2HF3O2/c1-27-9-7-18(8-10-27)28(14-16-3-5-17(24)11-21(16)25)22(29)26-13-15-4-6-19(30-2)12-20(15)23;3-2(4,5)1(6)7/h3-6,11-12,18H,7-10,13-14H2,1-2H3,(H,26,29);(H,6,7). The zero-order chi connectivity index (χ0) is 27.8. The highest BCUT2D eigenvalue weighted by atomic mass is 35.5. The molecule has 3 rings (SSSR count). The Morgan fingerprint density at radius 3 is 2.24 bits per heavy atom. The highest BCUT2D eigenvalue weighted by Crippen LogP contribution is 2.23. The topological polar surface area (TPSA) is 82.1 Å². The molecule has 0 bridgehead atoms. The summed E-state index contributed by atoms with van der Waals surface area (Å²) < 4.78 is 64.4. The van der Waals surface area contributed by atoms with Crippen molar-refractivity contribution in [2.45, 2.75) is 38.1 Å². The number of amides is 2. The third-order valence-corrected chi connectivity index (χ3v) is 6.03. The Balaban J connectivity index is 0.000000604. The number of carboxylic acid groups (broad SMARTS) is 1. The van der Waals surface area contributed by atoms with E-state index in [1.54, 1.807) is 30.2 Å². The van der Waals surface area contributed by atoms with Crippen LogP contribution in [0.25, 0.3) is 0 Å². The maximum absolute atomic E-state index is 14.2. The van der Waals surface area contributed by atoms with E-state index in [0.717, 1.165) is 37.6 Å². The summed E-state index contributed by atoms with van der Waals surface area (Å²) in [6.45, 7) is 2.01. The van der Waals surface area contributed by atoms with E-state index in [4.69, 9.17) is 26.2 Å². The summed E-state index contributed by atoms with van der Waals surface area (Å²) in [7, 11) is 3.59. The third kappa shape index (κ3) is 9.36. The molecule has 0 aliphatic carbocycles. The minimum absolute atomic E-state index is 0.0306. The third-order valence-electron chi connectivity index (χ3n) is 5.68. The molecule has 2 amide bonds. The van der Waals surface area contributed by atoms with Gasteiger partial charge in [-0.1, -0.05) is 23.7 Å². The fourth-order valence-electron chi connectivity index (χ4n) is 3.58. The smallest absolute Gasteiger partial charge is 0.490 e. The number of halogens is 6. The SMILES string of the molecule is COc1ccc(CNC(=O)N(Cc2ccc(F)cc2F)C2CCN(C)CC2)c(Cl)c1.O=C(O)C(F)(F)F. The van der Waals surface area contributed by atoms with E-state index in [-0.39, 0.29) is 30.7 Å². The maximum Gasteiger partial charge on any atom is 0.490 e. The van der Waals surface area contributed by atoms with E-state index in [1.807, 2.05) is 7.05 Å². The summed E-state index contributed by atoms with van der Waals surface area (Å²) in [6, 6.07) is 8.36. The second kappa shape index (κ2) is 13.4. The number of likely N-dealkylation sites (tertiary alicyclic amines) is 1. The van der Waals surface area contributed by atoms with Crippen LogP contribution >= 0.6 is 11.6 Å². The number of hydrogen-bond acceptors (Lipinski definition) is 4. The first-order chi connectivity index (χ1) is 17.3. The minimum Gasteiger partial charge on any atom is -0.497 e. The van der Waals surface area contributed by atoms with Gasteiger partial charge in [-0.3, -0.25) is 0 Å². The molecule has 2 aromatic rings. The van der Waals surface area contributed by atoms with Gasteiger partial charge in [-0.25, -0.2) is 18.4 Å². The quantitative estimate of drug-likeness (QED) is 0.490. The molecule has 0 aromatic heterocycles. The average Bonchev–Trinajstić information content (AvgIpc) is 2.83. The van der Waals surface area contributed by atoms with Gasteiger partial charge in [0.1, 0.15) is 17.4 Å². The lowest BCUT2D eigenvalue weighted by molar-refractivity contribution is -0.192. The van der Waals surface area contributed by atoms with E-state index in [9.17, 15) is 26.7 Å². The van der Waals surface area contributed by atoms with Crippen molar-refractivity contribution in [3.8, 4) is 5.75 Å². The largest absolute Gasteiger partial charge is 0.497 e. The number of benzene rings is 2. The highest BCUT2D eigenvalue weighted by Gasteiger charge is 2.38. The predicted octanol–water partition coefficient (Wildman–Crippen LogP) is 5.07. The normalized spacial score (nSPS) is 14.4. The Labute approximate surface area is 215 Å². The molecule has 0 atom stereocenters. The van der Waals surface area contributed by atoms with Crippen LogP contribution < -0.4 is 10.1 Å². The van der Waals surface area contributed by atoms with Crippen molar-refractivity contribution in [2.24, 2.45) is 0 Å². The number of hydrogen-bond donors (Lipinski definition) is 2. The van der Waals surface area contributed by atoms with Gasteiger partial charge in [0.05, 0.1) is 13.7 Å². The van der Waals surface area contributed by atoms with Crippen molar-refractivity contribution in [3.05, 3.63) is 64.2 Å². The van der Waals surface area contributed by atoms with Gasteiger partial charge < -0.3 is 25.0 Å². The average molecular weight is 552 g/mol. The van der Waals surface area contributed by atoms with E-state index in [0.29, 0.717) is 10.8 Å². The maximum atomic E-state index is 14.2. The van der Waals surface area contributed by atoms with Gasteiger partial charge in [-0.2, -0.15) is 13.2 Å². The monoisotopic (exact) mass is 551 g/mol. The van der Waals surface area contributed by atoms with Gasteiger partial charge in [0.15, 0.2) is 0 Å². The Kier molecular flexibility index (Phi) is 10.9. The molecule has 1 aliphatic heterocycles. The van der Waals surface area contributed by atoms with Gasteiger partial charge in [-0.15, -0.1) is 0 Å². The molecule has 0 saturated carbocycles. The molecule has 2 N–H and O–H groups in total. The molecule has 0 unspecified atom stereocenters. The summed E-state index contributed by atoms with van der Waals surface area (Å²) in [5, 5.41) is 10.5. The fourth-order valence-corrected chi connectivity index (χ4v) is 3.81. The molecular weight excluding hydrogens is 525 g/mol. The highest BCUT2D eigenvalue weighted by molar-refractivity contribution is 6.31. The van der Waals surface area contributed by atoms with Crippen LogP contribution in [0.5, 0.6) is 5.75 Å². The lowest BCUT2D eigenvalue weighted by Gasteiger charge is -2.37. The summed E-state index contributed by atoms with van der Waals surface area (Å²) in [5.74, 6) is -3.41. The van der Waals surface area contributed by atoms with Crippen LogP contribution in [0.3, 0.4) is 0 Å².